The van der Waals surface area contributed by atoms with Crippen LogP contribution in [0.1, 0.15) is 27.7 Å². The van der Waals surface area contributed by atoms with Crippen LogP contribution in [0, 0.1) is 13.8 Å². The number of amides is 2. The molecular formula is C20H25N3O2S. The summed E-state index contributed by atoms with van der Waals surface area (Å²) in [5.74, 6) is 0.0905. The molecule has 3 rings (SSSR count). The van der Waals surface area contributed by atoms with Crippen LogP contribution in [0.2, 0.25) is 0 Å². The topological polar surface area (TPSA) is 52.7 Å². The lowest BCUT2D eigenvalue weighted by molar-refractivity contribution is -0.121. The Morgan fingerprint density at radius 1 is 1.04 bits per heavy atom. The zero-order chi connectivity index (χ0) is 18.7. The first kappa shape index (κ1) is 18.6. The van der Waals surface area contributed by atoms with Gasteiger partial charge in [0.15, 0.2) is 0 Å². The fraction of sp³-hybridized carbons (Fsp3) is 0.400. The normalized spacial score (nSPS) is 16.3. The molecule has 1 saturated heterocycles. The van der Waals surface area contributed by atoms with E-state index in [1.165, 1.54) is 11.3 Å². The molecule has 5 nitrogen and oxygen atoms in total. The third-order valence-corrected chi connectivity index (χ3v) is 5.85. The molecule has 1 aliphatic heterocycles. The largest absolute Gasteiger partial charge is 0.335 e. The second kappa shape index (κ2) is 8.01. The molecule has 0 radical (unpaired) electrons. The van der Waals surface area contributed by atoms with Crippen molar-refractivity contribution in [2.24, 2.45) is 0 Å². The van der Waals surface area contributed by atoms with Crippen LogP contribution in [0.4, 0.5) is 5.69 Å². The summed E-state index contributed by atoms with van der Waals surface area (Å²) in [4.78, 5) is 29.9. The minimum atomic E-state index is -0.229. The van der Waals surface area contributed by atoms with Crippen molar-refractivity contribution in [1.82, 2.24) is 9.80 Å². The molecule has 26 heavy (non-hydrogen) atoms. The van der Waals surface area contributed by atoms with Gasteiger partial charge in [-0.05, 0) is 43.3 Å². The number of anilines is 1. The number of para-hydroxylation sites is 1. The van der Waals surface area contributed by atoms with Crippen LogP contribution < -0.4 is 5.32 Å². The Kier molecular flexibility index (Phi) is 5.74. The van der Waals surface area contributed by atoms with Gasteiger partial charge in [-0.15, -0.1) is 11.3 Å². The number of benzene rings is 1. The molecule has 2 amide bonds. The maximum Gasteiger partial charge on any atom is 0.264 e. The van der Waals surface area contributed by atoms with E-state index in [1.54, 1.807) is 0 Å². The summed E-state index contributed by atoms with van der Waals surface area (Å²) < 4.78 is 0. The van der Waals surface area contributed by atoms with Crippen molar-refractivity contribution in [2.75, 3.05) is 31.5 Å². The van der Waals surface area contributed by atoms with E-state index in [0.29, 0.717) is 26.2 Å². The van der Waals surface area contributed by atoms with Gasteiger partial charge in [0.05, 0.1) is 10.9 Å². The van der Waals surface area contributed by atoms with E-state index in [2.05, 4.69) is 10.2 Å². The highest BCUT2D eigenvalue weighted by molar-refractivity contribution is 7.12. The molecule has 0 spiro atoms. The highest BCUT2D eigenvalue weighted by Crippen LogP contribution is 2.20. The van der Waals surface area contributed by atoms with E-state index in [0.717, 1.165) is 21.7 Å². The van der Waals surface area contributed by atoms with Gasteiger partial charge in [-0.25, -0.2) is 0 Å². The van der Waals surface area contributed by atoms with Gasteiger partial charge < -0.3 is 10.2 Å². The third kappa shape index (κ3) is 3.97. The van der Waals surface area contributed by atoms with E-state index < -0.39 is 0 Å². The number of rotatable bonds is 4. The molecule has 6 heteroatoms. The summed E-state index contributed by atoms with van der Waals surface area (Å²) in [6, 6.07) is 9.53. The molecule has 1 aromatic carbocycles. The van der Waals surface area contributed by atoms with Crippen molar-refractivity contribution < 1.29 is 9.59 Å². The first-order valence-electron chi connectivity index (χ1n) is 8.91. The highest BCUT2D eigenvalue weighted by atomic mass is 32.1. The summed E-state index contributed by atoms with van der Waals surface area (Å²) in [7, 11) is 0. The number of nitrogens with zero attached hydrogens (tertiary/aromatic N) is 2. The lowest BCUT2D eigenvalue weighted by Gasteiger charge is -2.37. The summed E-state index contributed by atoms with van der Waals surface area (Å²) in [6.45, 7) is 8.65. The van der Waals surface area contributed by atoms with Crippen molar-refractivity contribution in [3.05, 3.63) is 51.7 Å². The summed E-state index contributed by atoms with van der Waals surface area (Å²) in [6.07, 6.45) is 0. The van der Waals surface area contributed by atoms with Gasteiger partial charge in [-0.2, -0.15) is 0 Å². The minimum absolute atomic E-state index is 0.000401. The molecular weight excluding hydrogens is 346 g/mol. The Morgan fingerprint density at radius 2 is 1.69 bits per heavy atom. The maximum absolute atomic E-state index is 12.7. The third-order valence-electron chi connectivity index (χ3n) is 4.99. The number of carbonyl (C=O) groups is 2. The van der Waals surface area contributed by atoms with E-state index in [1.807, 2.05) is 61.4 Å². The van der Waals surface area contributed by atoms with Gasteiger partial charge in [0.2, 0.25) is 5.91 Å². The fourth-order valence-corrected chi connectivity index (χ4v) is 3.96. The van der Waals surface area contributed by atoms with Gasteiger partial charge in [-0.3, -0.25) is 14.5 Å². The molecule has 1 N–H and O–H groups in total. The number of hydrogen-bond donors (Lipinski definition) is 1. The molecule has 0 aliphatic carbocycles. The smallest absolute Gasteiger partial charge is 0.264 e. The number of thiophene rings is 1. The van der Waals surface area contributed by atoms with Crippen LogP contribution in [-0.2, 0) is 4.79 Å². The number of carbonyl (C=O) groups excluding carboxylic acids is 2. The van der Waals surface area contributed by atoms with Gasteiger partial charge in [0.1, 0.15) is 0 Å². The Hall–Kier alpha value is -2.18. The molecule has 2 aromatic rings. The molecule has 2 heterocycles. The predicted molar refractivity (Wildman–Crippen MR) is 106 cm³/mol. The van der Waals surface area contributed by atoms with Gasteiger partial charge in [0.25, 0.3) is 5.91 Å². The summed E-state index contributed by atoms with van der Waals surface area (Å²) >= 11 is 1.47. The first-order valence-corrected chi connectivity index (χ1v) is 9.79. The summed E-state index contributed by atoms with van der Waals surface area (Å²) in [5.41, 5.74) is 3.03. The van der Waals surface area contributed by atoms with Crippen molar-refractivity contribution in [2.45, 2.75) is 26.8 Å². The van der Waals surface area contributed by atoms with Crippen molar-refractivity contribution >= 4 is 28.8 Å². The highest BCUT2D eigenvalue weighted by Gasteiger charge is 2.28. The van der Waals surface area contributed by atoms with Crippen LogP contribution >= 0.6 is 11.3 Å². The lowest BCUT2D eigenvalue weighted by atomic mass is 10.1. The monoisotopic (exact) mass is 371 g/mol. The zero-order valence-corrected chi connectivity index (χ0v) is 16.3. The lowest BCUT2D eigenvalue weighted by Crippen LogP contribution is -2.54. The van der Waals surface area contributed by atoms with Crippen molar-refractivity contribution in [3.8, 4) is 0 Å². The van der Waals surface area contributed by atoms with Crippen LogP contribution in [0.25, 0.3) is 0 Å². The van der Waals surface area contributed by atoms with Gasteiger partial charge in [-0.1, -0.05) is 24.3 Å². The molecule has 0 saturated carbocycles. The molecule has 138 valence electrons. The predicted octanol–water partition coefficient (Wildman–Crippen LogP) is 3.15. The number of nitrogens with one attached hydrogen (secondary N) is 1. The standard InChI is InChI=1S/C20H25N3O2S/c1-14-6-4-7-15(2)18(14)21-19(24)16(3)22-9-11-23(12-10-22)20(25)17-8-5-13-26-17/h4-8,13,16H,9-12H2,1-3H3,(H,21,24)/t16-/m0/s1. The maximum atomic E-state index is 12.7. The summed E-state index contributed by atoms with van der Waals surface area (Å²) in [5, 5.41) is 4.99. The quantitative estimate of drug-likeness (QED) is 0.898. The van der Waals surface area contributed by atoms with E-state index in [-0.39, 0.29) is 17.9 Å². The van der Waals surface area contributed by atoms with E-state index in [4.69, 9.17) is 0 Å². The molecule has 1 aromatic heterocycles. The second-order valence-corrected chi connectivity index (χ2v) is 7.69. The average molecular weight is 372 g/mol. The Morgan fingerprint density at radius 3 is 2.27 bits per heavy atom. The van der Waals surface area contributed by atoms with E-state index in [9.17, 15) is 9.59 Å². The molecule has 1 aliphatic rings. The Bertz CT molecular complexity index is 760. The number of hydrogen-bond acceptors (Lipinski definition) is 4. The molecule has 0 bridgehead atoms. The number of piperazine rings is 1. The second-order valence-electron chi connectivity index (χ2n) is 6.74. The van der Waals surface area contributed by atoms with Crippen molar-refractivity contribution in [3.63, 3.8) is 0 Å². The fourth-order valence-electron chi connectivity index (χ4n) is 3.27. The van der Waals surface area contributed by atoms with Crippen molar-refractivity contribution in [1.29, 1.82) is 0 Å². The van der Waals surface area contributed by atoms with E-state index >= 15 is 0 Å². The van der Waals surface area contributed by atoms with Gasteiger partial charge >= 0.3 is 0 Å². The van der Waals surface area contributed by atoms with Crippen LogP contribution in [-0.4, -0.2) is 53.8 Å². The average Bonchev–Trinajstić information content (AvgIpc) is 3.18. The SMILES string of the molecule is Cc1cccc(C)c1NC(=O)[C@H](C)N1CCN(C(=O)c2cccs2)CC1. The molecule has 1 fully saturated rings. The first-order chi connectivity index (χ1) is 12.5. The Balaban J connectivity index is 1.57. The minimum Gasteiger partial charge on any atom is -0.335 e. The van der Waals surface area contributed by atoms with Crippen LogP contribution in [0.5, 0.6) is 0 Å². The Labute approximate surface area is 158 Å². The van der Waals surface area contributed by atoms with Crippen LogP contribution in [0.3, 0.4) is 0 Å². The molecule has 1 atom stereocenters. The van der Waals surface area contributed by atoms with Crippen LogP contribution in [0.15, 0.2) is 35.7 Å². The zero-order valence-electron chi connectivity index (χ0n) is 15.5. The van der Waals surface area contributed by atoms with Gasteiger partial charge in [0, 0.05) is 31.9 Å². The molecule has 0 unspecified atom stereocenters. The number of aryl methyl sites for hydroxylation is 2.